The fraction of sp³-hybridized carbons (Fsp3) is 0.625. The van der Waals surface area contributed by atoms with Crippen LogP contribution in [0.2, 0.25) is 0 Å². The molecule has 11 nitrogen and oxygen atoms in total. The lowest BCUT2D eigenvalue weighted by molar-refractivity contribution is -0.124. The Kier molecular flexibility index (Phi) is 10.6. The molecule has 51 heavy (non-hydrogen) atoms. The molecular formula is C40H53N5O6. The van der Waals surface area contributed by atoms with Crippen LogP contribution >= 0.6 is 0 Å². The minimum absolute atomic E-state index is 0.0905. The van der Waals surface area contributed by atoms with Crippen LogP contribution in [0.1, 0.15) is 120 Å². The predicted molar refractivity (Wildman–Crippen MR) is 193 cm³/mol. The van der Waals surface area contributed by atoms with E-state index in [1.165, 1.54) is 0 Å². The largest absolute Gasteiger partial charge is 0.495 e. The summed E-state index contributed by atoms with van der Waals surface area (Å²) < 4.78 is 17.1. The normalized spacial score (nSPS) is 24.9. The number of amides is 2. The van der Waals surface area contributed by atoms with Crippen LogP contribution in [0.4, 0.5) is 10.6 Å². The number of piperidine rings is 1. The number of nitrogens with zero attached hydrogens (tertiary/aromatic N) is 5. The first-order valence-corrected chi connectivity index (χ1v) is 19.1. The van der Waals surface area contributed by atoms with Gasteiger partial charge < -0.3 is 23.9 Å². The van der Waals surface area contributed by atoms with E-state index in [0.717, 1.165) is 72.8 Å². The van der Waals surface area contributed by atoms with Crippen LogP contribution in [0.25, 0.3) is 11.3 Å². The Morgan fingerprint density at radius 1 is 0.980 bits per heavy atom. The third kappa shape index (κ3) is 8.24. The van der Waals surface area contributed by atoms with Gasteiger partial charge in [0.2, 0.25) is 5.91 Å². The zero-order chi connectivity index (χ0) is 35.5. The van der Waals surface area contributed by atoms with E-state index >= 15 is 0 Å². The maximum absolute atomic E-state index is 14.5. The monoisotopic (exact) mass is 699 g/mol. The number of aromatic nitrogens is 3. The van der Waals surface area contributed by atoms with Crippen LogP contribution in [-0.4, -0.2) is 75.4 Å². The standard InChI is InChI=1S/C40H53N5O6/c1-4-40(48)18-21-44(22-19-40)39(47)51-32-13-11-30(12-14-32)38(46)45(36-23-31(17-20-41-36)34-25-50-37(43-34)29-9-10-29)24-27-5-7-28(8-6-27)33-15-16-35(49-3)26(2)42-33/h15-17,20,23,25,27-30,32,48H,4-14,18-19,21-22,24H2,1-3H3. The van der Waals surface area contributed by atoms with Crippen molar-refractivity contribution in [3.05, 3.63) is 54.0 Å². The second-order valence-electron chi connectivity index (χ2n) is 15.4. The first kappa shape index (κ1) is 35.4. The van der Waals surface area contributed by atoms with Gasteiger partial charge in [-0.15, -0.1) is 0 Å². The van der Waals surface area contributed by atoms with E-state index in [1.54, 1.807) is 24.5 Å². The lowest BCUT2D eigenvalue weighted by Crippen LogP contribution is -2.47. The zero-order valence-electron chi connectivity index (χ0n) is 30.4. The Bertz CT molecular complexity index is 1660. The number of oxazole rings is 1. The van der Waals surface area contributed by atoms with Crippen LogP contribution in [0.3, 0.4) is 0 Å². The summed E-state index contributed by atoms with van der Waals surface area (Å²) in [4.78, 5) is 45.4. The van der Waals surface area contributed by atoms with Gasteiger partial charge in [0.05, 0.1) is 18.4 Å². The van der Waals surface area contributed by atoms with E-state index in [9.17, 15) is 14.7 Å². The van der Waals surface area contributed by atoms with Crippen LogP contribution in [-0.2, 0) is 9.53 Å². The third-order valence-corrected chi connectivity index (χ3v) is 11.9. The number of carbonyl (C=O) groups excluding carboxylic acids is 2. The van der Waals surface area contributed by atoms with E-state index in [1.807, 2.05) is 36.9 Å². The fourth-order valence-electron chi connectivity index (χ4n) is 8.19. The Labute approximate surface area is 301 Å². The van der Waals surface area contributed by atoms with E-state index in [2.05, 4.69) is 6.07 Å². The number of aryl methyl sites for hydroxylation is 1. The SMILES string of the molecule is CCC1(O)CCN(C(=O)OC2CCC(C(=O)N(CC3CCC(c4ccc(OC)c(C)n4)CC3)c3cc(-c4coc(C5CC5)n4)ccn3)CC2)CC1. The molecule has 274 valence electrons. The van der Waals surface area contributed by atoms with Gasteiger partial charge in [-0.1, -0.05) is 6.92 Å². The number of ether oxygens (including phenoxy) is 2. The number of methoxy groups -OCH3 is 1. The highest BCUT2D eigenvalue weighted by Gasteiger charge is 2.37. The van der Waals surface area contributed by atoms with Gasteiger partial charge in [-0.3, -0.25) is 14.7 Å². The summed E-state index contributed by atoms with van der Waals surface area (Å²) in [6.45, 7) is 5.59. The first-order valence-electron chi connectivity index (χ1n) is 19.1. The van der Waals surface area contributed by atoms with Crippen molar-refractivity contribution in [1.82, 2.24) is 19.9 Å². The quantitative estimate of drug-likeness (QED) is 0.228. The van der Waals surface area contributed by atoms with Crippen LogP contribution in [0.5, 0.6) is 5.75 Å². The first-order chi connectivity index (χ1) is 24.7. The molecule has 0 spiro atoms. The third-order valence-electron chi connectivity index (χ3n) is 11.9. The van der Waals surface area contributed by atoms with Crippen molar-refractivity contribution in [2.75, 3.05) is 31.6 Å². The number of likely N-dealkylation sites (tertiary alicyclic amines) is 1. The lowest BCUT2D eigenvalue weighted by atomic mass is 9.79. The van der Waals surface area contributed by atoms with E-state index in [0.29, 0.717) is 88.2 Å². The van der Waals surface area contributed by atoms with E-state index in [4.69, 9.17) is 28.8 Å². The van der Waals surface area contributed by atoms with Gasteiger partial charge in [-0.2, -0.15) is 0 Å². The molecule has 3 aromatic rings. The van der Waals surface area contributed by atoms with Crippen molar-refractivity contribution >= 4 is 17.8 Å². The molecule has 3 aromatic heterocycles. The van der Waals surface area contributed by atoms with Crippen molar-refractivity contribution in [3.63, 3.8) is 0 Å². The van der Waals surface area contributed by atoms with Crippen LogP contribution in [0.15, 0.2) is 41.1 Å². The molecule has 0 unspecified atom stereocenters. The minimum Gasteiger partial charge on any atom is -0.495 e. The Morgan fingerprint density at radius 3 is 2.37 bits per heavy atom. The van der Waals surface area contributed by atoms with Crippen molar-refractivity contribution in [2.45, 2.75) is 121 Å². The number of anilines is 1. The van der Waals surface area contributed by atoms with E-state index in [-0.39, 0.29) is 24.0 Å². The van der Waals surface area contributed by atoms with Gasteiger partial charge in [0, 0.05) is 54.8 Å². The Morgan fingerprint density at radius 2 is 1.71 bits per heavy atom. The molecule has 11 heteroatoms. The highest BCUT2D eigenvalue weighted by atomic mass is 16.6. The number of hydrogen-bond donors (Lipinski definition) is 1. The smallest absolute Gasteiger partial charge is 0.410 e. The molecule has 1 aliphatic heterocycles. The fourth-order valence-corrected chi connectivity index (χ4v) is 8.19. The molecule has 3 saturated carbocycles. The lowest BCUT2D eigenvalue weighted by Gasteiger charge is -2.38. The van der Waals surface area contributed by atoms with Gasteiger partial charge in [-0.05, 0) is 121 Å². The van der Waals surface area contributed by atoms with Crippen molar-refractivity contribution < 1.29 is 28.6 Å². The Balaban J connectivity index is 1.01. The summed E-state index contributed by atoms with van der Waals surface area (Å²) in [5, 5.41) is 10.6. The molecule has 3 aliphatic carbocycles. The number of aliphatic hydroxyl groups is 1. The van der Waals surface area contributed by atoms with Gasteiger partial charge in [-0.25, -0.2) is 14.8 Å². The summed E-state index contributed by atoms with van der Waals surface area (Å²) >= 11 is 0. The second-order valence-corrected chi connectivity index (χ2v) is 15.4. The molecule has 4 fully saturated rings. The topological polar surface area (TPSA) is 131 Å². The molecule has 4 heterocycles. The molecule has 0 bridgehead atoms. The number of pyridine rings is 2. The van der Waals surface area contributed by atoms with E-state index < -0.39 is 5.60 Å². The summed E-state index contributed by atoms with van der Waals surface area (Å²) in [6.07, 6.45) is 13.7. The van der Waals surface area contributed by atoms with Gasteiger partial charge >= 0.3 is 6.09 Å². The van der Waals surface area contributed by atoms with Crippen LogP contribution in [0, 0.1) is 18.8 Å². The van der Waals surface area contributed by atoms with Crippen molar-refractivity contribution in [2.24, 2.45) is 11.8 Å². The van der Waals surface area contributed by atoms with Gasteiger partial charge in [0.1, 0.15) is 29.6 Å². The minimum atomic E-state index is -0.684. The zero-order valence-corrected chi connectivity index (χ0v) is 30.4. The predicted octanol–water partition coefficient (Wildman–Crippen LogP) is 7.57. The average Bonchev–Trinajstić information content (AvgIpc) is 3.90. The van der Waals surface area contributed by atoms with Gasteiger partial charge in [0.25, 0.3) is 0 Å². The number of carbonyl (C=O) groups is 2. The molecule has 2 amide bonds. The summed E-state index contributed by atoms with van der Waals surface area (Å²) in [6, 6.07) is 8.02. The summed E-state index contributed by atoms with van der Waals surface area (Å²) in [5.41, 5.74) is 3.01. The molecule has 0 aromatic carbocycles. The molecule has 0 atom stereocenters. The maximum atomic E-state index is 14.5. The molecule has 1 saturated heterocycles. The van der Waals surface area contributed by atoms with Crippen LogP contribution < -0.4 is 9.64 Å². The van der Waals surface area contributed by atoms with Crippen molar-refractivity contribution in [3.8, 4) is 17.0 Å². The van der Waals surface area contributed by atoms with Gasteiger partial charge in [0.15, 0.2) is 5.89 Å². The maximum Gasteiger partial charge on any atom is 0.410 e. The van der Waals surface area contributed by atoms with Crippen molar-refractivity contribution in [1.29, 1.82) is 0 Å². The summed E-state index contributed by atoms with van der Waals surface area (Å²) in [7, 11) is 1.68. The summed E-state index contributed by atoms with van der Waals surface area (Å²) in [5.74, 6) is 3.32. The highest BCUT2D eigenvalue weighted by Crippen LogP contribution is 2.41. The second kappa shape index (κ2) is 15.3. The number of rotatable bonds is 10. The molecule has 7 rings (SSSR count). The highest BCUT2D eigenvalue weighted by molar-refractivity contribution is 5.94. The molecule has 4 aliphatic rings. The Hall–Kier alpha value is -3.99. The molecular weight excluding hydrogens is 646 g/mol. The molecule has 0 radical (unpaired) electrons. The average molecular weight is 700 g/mol. The molecule has 1 N–H and O–H groups in total. The number of hydrogen-bond acceptors (Lipinski definition) is 9.